The van der Waals surface area contributed by atoms with Crippen molar-refractivity contribution in [1.82, 2.24) is 10.2 Å². The molecule has 0 radical (unpaired) electrons. The molecule has 1 aliphatic heterocycles. The van der Waals surface area contributed by atoms with Crippen LogP contribution in [0.15, 0.2) is 72.8 Å². The van der Waals surface area contributed by atoms with Gasteiger partial charge in [0.15, 0.2) is 6.10 Å². The number of ether oxygens (including phenoxy) is 3. The molecule has 0 aromatic heterocycles. The Kier molecular flexibility index (Phi) is 8.87. The molecular weight excluding hydrogens is 458 g/mol. The molecule has 36 heavy (non-hydrogen) atoms. The van der Waals surface area contributed by atoms with Gasteiger partial charge < -0.3 is 24.4 Å². The standard InChI is InChI=1S/C28H29N3O5/c29-18-24(20-35-19-21-7-2-1-3-8-21)30-27(32)26(36-28(33)31-13-15-34-16-14-31)17-23-11-6-10-22-9-4-5-12-25(22)23/h1-12,24,26H,13-17,19-20H2,(H,30,32)/t24-,26+/m1/s1. The van der Waals surface area contributed by atoms with Crippen LogP contribution in [0.5, 0.6) is 0 Å². The lowest BCUT2D eigenvalue weighted by molar-refractivity contribution is -0.131. The van der Waals surface area contributed by atoms with Gasteiger partial charge in [0.1, 0.15) is 6.04 Å². The second-order valence-electron chi connectivity index (χ2n) is 8.51. The molecule has 1 fully saturated rings. The van der Waals surface area contributed by atoms with Crippen LogP contribution >= 0.6 is 0 Å². The van der Waals surface area contributed by atoms with Crippen LogP contribution in [0.2, 0.25) is 0 Å². The van der Waals surface area contributed by atoms with Crippen molar-refractivity contribution < 1.29 is 23.8 Å². The monoisotopic (exact) mass is 487 g/mol. The highest BCUT2D eigenvalue weighted by Crippen LogP contribution is 2.21. The number of carbonyl (C=O) groups is 2. The van der Waals surface area contributed by atoms with Gasteiger partial charge in [0, 0.05) is 19.5 Å². The highest BCUT2D eigenvalue weighted by molar-refractivity contribution is 5.88. The van der Waals surface area contributed by atoms with E-state index in [0.717, 1.165) is 21.9 Å². The smallest absolute Gasteiger partial charge is 0.410 e. The number of nitriles is 1. The van der Waals surface area contributed by atoms with Crippen LogP contribution in [0, 0.1) is 11.3 Å². The van der Waals surface area contributed by atoms with Crippen molar-refractivity contribution in [1.29, 1.82) is 5.26 Å². The first kappa shape index (κ1) is 25.2. The van der Waals surface area contributed by atoms with Crippen LogP contribution < -0.4 is 5.32 Å². The van der Waals surface area contributed by atoms with Gasteiger partial charge in [-0.15, -0.1) is 0 Å². The molecule has 0 bridgehead atoms. The van der Waals surface area contributed by atoms with E-state index in [0.29, 0.717) is 32.9 Å². The first-order chi connectivity index (χ1) is 17.6. The van der Waals surface area contributed by atoms with E-state index < -0.39 is 24.1 Å². The first-order valence-corrected chi connectivity index (χ1v) is 12.0. The molecule has 3 aromatic carbocycles. The Bertz CT molecular complexity index is 1200. The summed E-state index contributed by atoms with van der Waals surface area (Å²) in [5.74, 6) is -0.542. The minimum Gasteiger partial charge on any atom is -0.436 e. The fourth-order valence-electron chi connectivity index (χ4n) is 4.05. The van der Waals surface area contributed by atoms with E-state index in [1.807, 2.05) is 72.8 Å². The van der Waals surface area contributed by atoms with Crippen molar-refractivity contribution in [3.63, 3.8) is 0 Å². The zero-order chi connectivity index (χ0) is 25.2. The van der Waals surface area contributed by atoms with E-state index in [1.54, 1.807) is 0 Å². The maximum absolute atomic E-state index is 13.3. The van der Waals surface area contributed by atoms with Gasteiger partial charge >= 0.3 is 6.09 Å². The molecule has 186 valence electrons. The molecule has 8 heteroatoms. The zero-order valence-corrected chi connectivity index (χ0v) is 20.0. The summed E-state index contributed by atoms with van der Waals surface area (Å²) in [6, 6.07) is 24.4. The molecule has 2 amide bonds. The predicted molar refractivity (Wildman–Crippen MR) is 134 cm³/mol. The Morgan fingerprint density at radius 2 is 1.72 bits per heavy atom. The number of carbonyl (C=O) groups excluding carboxylic acids is 2. The number of hydrogen-bond acceptors (Lipinski definition) is 6. The fourth-order valence-corrected chi connectivity index (χ4v) is 4.05. The van der Waals surface area contributed by atoms with Crippen molar-refractivity contribution in [3.05, 3.63) is 83.9 Å². The average Bonchev–Trinajstić information content (AvgIpc) is 2.93. The van der Waals surface area contributed by atoms with E-state index >= 15 is 0 Å². The van der Waals surface area contributed by atoms with Gasteiger partial charge in [-0.3, -0.25) is 4.79 Å². The summed E-state index contributed by atoms with van der Waals surface area (Å²) in [5.41, 5.74) is 1.84. The second-order valence-corrected chi connectivity index (χ2v) is 8.51. The molecule has 2 atom stereocenters. The second kappa shape index (κ2) is 12.7. The predicted octanol–water partition coefficient (Wildman–Crippen LogP) is 3.44. The molecule has 0 saturated carbocycles. The van der Waals surface area contributed by atoms with Crippen molar-refractivity contribution in [2.45, 2.75) is 25.2 Å². The minimum atomic E-state index is -1.11. The lowest BCUT2D eigenvalue weighted by Crippen LogP contribution is -2.48. The number of hydrogen-bond donors (Lipinski definition) is 1. The quantitative estimate of drug-likeness (QED) is 0.496. The first-order valence-electron chi connectivity index (χ1n) is 12.0. The average molecular weight is 488 g/mol. The molecule has 0 aliphatic carbocycles. The molecule has 0 unspecified atom stereocenters. The summed E-state index contributed by atoms with van der Waals surface area (Å²) in [4.78, 5) is 27.6. The fraction of sp³-hybridized carbons (Fsp3) is 0.321. The summed E-state index contributed by atoms with van der Waals surface area (Å²) in [6.07, 6.45) is -1.52. The molecule has 3 aromatic rings. The Labute approximate surface area is 210 Å². The molecule has 8 nitrogen and oxygen atoms in total. The molecule has 4 rings (SSSR count). The molecule has 1 saturated heterocycles. The number of benzene rings is 3. The Morgan fingerprint density at radius 3 is 2.50 bits per heavy atom. The van der Waals surface area contributed by atoms with Crippen LogP contribution in [0.25, 0.3) is 10.8 Å². The normalized spacial score (nSPS) is 15.0. The summed E-state index contributed by atoms with van der Waals surface area (Å²) >= 11 is 0. The van der Waals surface area contributed by atoms with Crippen LogP contribution in [-0.2, 0) is 32.0 Å². The molecule has 1 heterocycles. The maximum atomic E-state index is 13.3. The van der Waals surface area contributed by atoms with Gasteiger partial charge in [0.25, 0.3) is 5.91 Å². The van der Waals surface area contributed by atoms with Crippen LogP contribution in [0.4, 0.5) is 4.79 Å². The molecular formula is C28H29N3O5. The van der Waals surface area contributed by atoms with Gasteiger partial charge in [-0.25, -0.2) is 4.79 Å². The third kappa shape index (κ3) is 6.81. The number of fused-ring (bicyclic) bond motifs is 1. The largest absolute Gasteiger partial charge is 0.436 e. The zero-order valence-electron chi connectivity index (χ0n) is 20.0. The van der Waals surface area contributed by atoms with Gasteiger partial charge in [-0.2, -0.15) is 5.26 Å². The van der Waals surface area contributed by atoms with Crippen molar-refractivity contribution >= 4 is 22.8 Å². The summed E-state index contributed by atoms with van der Waals surface area (Å²) in [5, 5.41) is 14.3. The minimum absolute atomic E-state index is 0.00946. The van der Waals surface area contributed by atoms with Crippen molar-refractivity contribution in [2.24, 2.45) is 0 Å². The maximum Gasteiger partial charge on any atom is 0.410 e. The van der Waals surface area contributed by atoms with E-state index in [9.17, 15) is 14.9 Å². The summed E-state index contributed by atoms with van der Waals surface area (Å²) in [7, 11) is 0. The lowest BCUT2D eigenvalue weighted by atomic mass is 9.99. The van der Waals surface area contributed by atoms with E-state index in [2.05, 4.69) is 11.4 Å². The third-order valence-corrected chi connectivity index (χ3v) is 5.96. The topological polar surface area (TPSA) is 101 Å². The Morgan fingerprint density at radius 1 is 1.00 bits per heavy atom. The summed E-state index contributed by atoms with van der Waals surface area (Å²) < 4.78 is 16.6. The Hall–Kier alpha value is -3.93. The van der Waals surface area contributed by atoms with Crippen LogP contribution in [0.1, 0.15) is 11.1 Å². The van der Waals surface area contributed by atoms with E-state index in [-0.39, 0.29) is 13.0 Å². The summed E-state index contributed by atoms with van der Waals surface area (Å²) in [6.45, 7) is 1.97. The van der Waals surface area contributed by atoms with Crippen LogP contribution in [0.3, 0.4) is 0 Å². The molecule has 1 aliphatic rings. The van der Waals surface area contributed by atoms with Gasteiger partial charge in [0.05, 0.1) is 32.5 Å². The van der Waals surface area contributed by atoms with E-state index in [4.69, 9.17) is 14.2 Å². The van der Waals surface area contributed by atoms with Gasteiger partial charge in [-0.1, -0.05) is 72.8 Å². The SMILES string of the molecule is N#C[C@H](COCc1ccccc1)NC(=O)[C@H](Cc1cccc2ccccc12)OC(=O)N1CCOCC1. The van der Waals surface area contributed by atoms with Crippen molar-refractivity contribution in [3.8, 4) is 6.07 Å². The number of rotatable bonds is 9. The van der Waals surface area contributed by atoms with Crippen molar-refractivity contribution in [2.75, 3.05) is 32.9 Å². The number of nitrogens with one attached hydrogen (secondary N) is 1. The Balaban J connectivity index is 1.45. The molecule has 0 spiro atoms. The highest BCUT2D eigenvalue weighted by Gasteiger charge is 2.29. The number of amides is 2. The highest BCUT2D eigenvalue weighted by atomic mass is 16.6. The van der Waals surface area contributed by atoms with Gasteiger partial charge in [-0.05, 0) is 21.9 Å². The van der Waals surface area contributed by atoms with Gasteiger partial charge in [0.2, 0.25) is 0 Å². The lowest BCUT2D eigenvalue weighted by Gasteiger charge is -2.28. The van der Waals surface area contributed by atoms with Crippen LogP contribution in [-0.4, -0.2) is 62.0 Å². The van der Waals surface area contributed by atoms with E-state index in [1.165, 1.54) is 4.90 Å². The number of nitrogens with zero attached hydrogens (tertiary/aromatic N) is 2. The number of morpholine rings is 1. The third-order valence-electron chi connectivity index (χ3n) is 5.96. The molecule has 1 N–H and O–H groups in total.